The normalized spacial score (nSPS) is 10.9. The van der Waals surface area contributed by atoms with Gasteiger partial charge >= 0.3 is 109 Å². The number of hydrogen-bond acceptors (Lipinski definition) is 4. The number of fused-ring (bicyclic) bond motifs is 1. The molecule has 2 heterocycles. The van der Waals surface area contributed by atoms with Gasteiger partial charge in [-0.25, -0.2) is 0 Å². The van der Waals surface area contributed by atoms with E-state index in [0.717, 1.165) is 25.1 Å². The van der Waals surface area contributed by atoms with Gasteiger partial charge in [0.25, 0.3) is 0 Å². The molecule has 0 spiro atoms. The molecule has 0 N–H and O–H groups in total. The molecule has 2 aromatic heterocycles. The van der Waals surface area contributed by atoms with Crippen molar-refractivity contribution < 1.29 is 4.39 Å². The fourth-order valence-electron chi connectivity index (χ4n) is 1.60. The van der Waals surface area contributed by atoms with Crippen LogP contribution in [-0.4, -0.2) is 32.0 Å². The summed E-state index contributed by atoms with van der Waals surface area (Å²) in [6.45, 7) is 0. The molecule has 0 radical (unpaired) electrons. The van der Waals surface area contributed by atoms with Crippen molar-refractivity contribution in [1.82, 2.24) is 15.2 Å². The van der Waals surface area contributed by atoms with Gasteiger partial charge in [0.05, 0.1) is 0 Å². The van der Waals surface area contributed by atoms with Crippen LogP contribution in [0.2, 0.25) is 0 Å². The summed E-state index contributed by atoms with van der Waals surface area (Å²) in [5.74, 6) is -0.466. The average Bonchev–Trinajstić information content (AvgIpc) is 2.75. The van der Waals surface area contributed by atoms with E-state index in [2.05, 4.69) is 15.2 Å². The van der Waals surface area contributed by atoms with E-state index < -0.39 is 5.95 Å². The van der Waals surface area contributed by atoms with E-state index in [-0.39, 0.29) is 0 Å². The van der Waals surface area contributed by atoms with Crippen LogP contribution < -0.4 is 3.80 Å². The number of pyridine rings is 1. The maximum atomic E-state index is 13.0. The number of hydrogen-bond donors (Lipinski definition) is 0. The summed E-state index contributed by atoms with van der Waals surface area (Å²) in [7, 11) is 0. The summed E-state index contributed by atoms with van der Waals surface area (Å²) >= 11 is 3.01. The van der Waals surface area contributed by atoms with Crippen LogP contribution in [0.1, 0.15) is 0 Å². The molecule has 6 heteroatoms. The van der Waals surface area contributed by atoms with E-state index >= 15 is 0 Å². The van der Waals surface area contributed by atoms with Gasteiger partial charge in [-0.05, 0) is 0 Å². The van der Waals surface area contributed by atoms with Gasteiger partial charge in [-0.1, -0.05) is 0 Å². The predicted molar refractivity (Wildman–Crippen MR) is 68.8 cm³/mol. The molecule has 0 bridgehead atoms. The first-order valence-electron chi connectivity index (χ1n) is 4.87. The van der Waals surface area contributed by atoms with E-state index in [4.69, 9.17) is 0 Å². The molecule has 0 aliphatic rings. The van der Waals surface area contributed by atoms with E-state index in [1.54, 1.807) is 11.3 Å². The minimum atomic E-state index is -0.466. The number of halogens is 1. The molecule has 3 rings (SSSR count). The van der Waals surface area contributed by atoms with Crippen molar-refractivity contribution in [2.45, 2.75) is 0 Å². The second-order valence-electron chi connectivity index (χ2n) is 3.51. The van der Waals surface area contributed by atoms with Crippen molar-refractivity contribution >= 4 is 42.8 Å². The topological polar surface area (TPSA) is 38.7 Å². The van der Waals surface area contributed by atoms with Gasteiger partial charge < -0.3 is 0 Å². The summed E-state index contributed by atoms with van der Waals surface area (Å²) in [6.07, 6.45) is 1.53. The van der Waals surface area contributed by atoms with E-state index in [0.29, 0.717) is 0 Å². The Morgan fingerprint density at radius 2 is 2.00 bits per heavy atom. The molecule has 3 aromatic rings. The standard InChI is InChI=1S/C11H7AsFN3S/c12-11-16-15-10(17-11)6-1-2-7-5-14-9(13)4-8(7)3-6/h1-5H,12H2. The first kappa shape index (κ1) is 10.8. The van der Waals surface area contributed by atoms with Crippen LogP contribution in [0.5, 0.6) is 0 Å². The molecule has 0 aliphatic carbocycles. The van der Waals surface area contributed by atoms with Crippen molar-refractivity contribution in [3.63, 3.8) is 0 Å². The van der Waals surface area contributed by atoms with Gasteiger partial charge in [-0.2, -0.15) is 0 Å². The van der Waals surface area contributed by atoms with Gasteiger partial charge in [-0.15, -0.1) is 0 Å². The van der Waals surface area contributed by atoms with Crippen molar-refractivity contribution in [1.29, 1.82) is 0 Å². The second kappa shape index (κ2) is 4.17. The van der Waals surface area contributed by atoms with Gasteiger partial charge in [0.1, 0.15) is 0 Å². The Bertz CT molecular complexity index is 698. The van der Waals surface area contributed by atoms with Crippen LogP contribution in [0.3, 0.4) is 0 Å². The number of rotatable bonds is 1. The zero-order chi connectivity index (χ0) is 11.8. The fourth-order valence-corrected chi connectivity index (χ4v) is 3.03. The molecule has 17 heavy (non-hydrogen) atoms. The van der Waals surface area contributed by atoms with Crippen LogP contribution in [0.4, 0.5) is 4.39 Å². The Morgan fingerprint density at radius 1 is 1.12 bits per heavy atom. The average molecular weight is 307 g/mol. The third-order valence-corrected chi connectivity index (χ3v) is 4.16. The molecule has 1 unspecified atom stereocenters. The Labute approximate surface area is 109 Å². The van der Waals surface area contributed by atoms with E-state index in [1.165, 1.54) is 29.1 Å². The molecule has 1 aromatic carbocycles. The quantitative estimate of drug-likeness (QED) is 0.500. The molecular weight excluding hydrogens is 300 g/mol. The SMILES string of the molecule is Fc1cc2cc(-c3nnc([AsH2])s3)ccc2cn1. The second-order valence-corrected chi connectivity index (χ2v) is 6.55. The predicted octanol–water partition coefficient (Wildman–Crippen LogP) is 1.15. The fraction of sp³-hybridized carbons (Fsp3) is 0. The van der Waals surface area contributed by atoms with Crippen LogP contribution in [0.15, 0.2) is 30.5 Å². The van der Waals surface area contributed by atoms with Crippen molar-refractivity contribution in [3.05, 3.63) is 36.4 Å². The minimum absolute atomic E-state index is 0.466. The number of aromatic nitrogens is 3. The Morgan fingerprint density at radius 3 is 2.76 bits per heavy atom. The van der Waals surface area contributed by atoms with Gasteiger partial charge in [0.2, 0.25) is 0 Å². The maximum absolute atomic E-state index is 13.0. The molecule has 0 saturated heterocycles. The van der Waals surface area contributed by atoms with Crippen LogP contribution in [0.25, 0.3) is 21.3 Å². The third kappa shape index (κ3) is 2.08. The van der Waals surface area contributed by atoms with Crippen LogP contribution >= 0.6 is 11.3 Å². The summed E-state index contributed by atoms with van der Waals surface area (Å²) in [4.78, 5) is 3.62. The third-order valence-electron chi connectivity index (χ3n) is 2.38. The summed E-state index contributed by atoms with van der Waals surface area (Å²) < 4.78 is 14.0. The molecule has 0 aliphatic heterocycles. The van der Waals surface area contributed by atoms with Crippen LogP contribution in [-0.2, 0) is 0 Å². The van der Waals surface area contributed by atoms with Crippen molar-refractivity contribution in [2.75, 3.05) is 0 Å². The monoisotopic (exact) mass is 307 g/mol. The number of nitrogens with zero attached hydrogens (tertiary/aromatic N) is 3. The Kier molecular flexibility index (Phi) is 2.65. The van der Waals surface area contributed by atoms with Gasteiger partial charge in [-0.3, -0.25) is 0 Å². The molecule has 0 amide bonds. The number of benzene rings is 1. The van der Waals surface area contributed by atoms with E-state index in [1.807, 2.05) is 18.2 Å². The van der Waals surface area contributed by atoms with Gasteiger partial charge in [0.15, 0.2) is 0 Å². The van der Waals surface area contributed by atoms with Crippen LogP contribution in [0, 0.1) is 5.95 Å². The Hall–Kier alpha value is -1.32. The molecule has 3 nitrogen and oxygen atoms in total. The summed E-state index contributed by atoms with van der Waals surface area (Å²) in [5.41, 5.74) is 0.963. The molecule has 0 saturated carbocycles. The molecular formula is C11H7AsFN3S. The van der Waals surface area contributed by atoms with E-state index in [9.17, 15) is 4.39 Å². The zero-order valence-corrected chi connectivity index (χ0v) is 11.8. The summed E-state index contributed by atoms with van der Waals surface area (Å²) in [6, 6.07) is 7.21. The van der Waals surface area contributed by atoms with Crippen molar-refractivity contribution in [3.8, 4) is 10.6 Å². The molecule has 0 fully saturated rings. The van der Waals surface area contributed by atoms with Gasteiger partial charge in [0, 0.05) is 0 Å². The first-order valence-corrected chi connectivity index (χ1v) is 6.90. The summed E-state index contributed by atoms with van der Waals surface area (Å²) in [5, 5.41) is 10.7. The first-order chi connectivity index (χ1) is 8.22. The molecule has 84 valence electrons. The Balaban J connectivity index is 2.18. The zero-order valence-electron chi connectivity index (χ0n) is 8.59. The van der Waals surface area contributed by atoms with Crippen molar-refractivity contribution in [2.24, 2.45) is 0 Å². The molecule has 1 atom stereocenters.